The Labute approximate surface area is 221 Å². The van der Waals surface area contributed by atoms with Gasteiger partial charge in [0.1, 0.15) is 47.2 Å². The van der Waals surface area contributed by atoms with E-state index in [0.717, 1.165) is 50.6 Å². The quantitative estimate of drug-likeness (QED) is 0.312. The first-order chi connectivity index (χ1) is 18.5. The van der Waals surface area contributed by atoms with Gasteiger partial charge in [-0.25, -0.2) is 0 Å². The summed E-state index contributed by atoms with van der Waals surface area (Å²) in [6.45, 7) is 0.462. The third-order valence-corrected chi connectivity index (χ3v) is 7.27. The predicted octanol–water partition coefficient (Wildman–Crippen LogP) is 6.70. The van der Waals surface area contributed by atoms with E-state index in [1.54, 1.807) is 38.5 Å². The number of methoxy groups -OCH3 is 2. The molecule has 2 N–H and O–H groups in total. The lowest BCUT2D eigenvalue weighted by atomic mass is 9.81. The number of hydrogen-bond acceptors (Lipinski definition) is 6. The molecule has 0 saturated heterocycles. The minimum absolute atomic E-state index is 0.0573. The van der Waals surface area contributed by atoms with Gasteiger partial charge in [0.2, 0.25) is 0 Å². The van der Waals surface area contributed by atoms with Gasteiger partial charge in [-0.2, -0.15) is 0 Å². The molecular weight excluding hydrogens is 480 g/mol. The van der Waals surface area contributed by atoms with E-state index < -0.39 is 0 Å². The fourth-order valence-corrected chi connectivity index (χ4v) is 5.28. The van der Waals surface area contributed by atoms with E-state index in [4.69, 9.17) is 18.9 Å². The molecule has 2 aliphatic rings. The third kappa shape index (κ3) is 4.39. The van der Waals surface area contributed by atoms with E-state index in [2.05, 4.69) is 12.1 Å². The topological polar surface area (TPSA) is 77.4 Å². The smallest absolute Gasteiger partial charge is 0.130 e. The zero-order valence-corrected chi connectivity index (χ0v) is 21.2. The van der Waals surface area contributed by atoms with Crippen LogP contribution in [0, 0.1) is 0 Å². The number of phenolic OH excluding ortho intramolecular Hbond substituents is 2. The Morgan fingerprint density at radius 2 is 1.53 bits per heavy atom. The van der Waals surface area contributed by atoms with Crippen LogP contribution >= 0.6 is 0 Å². The van der Waals surface area contributed by atoms with Crippen molar-refractivity contribution in [1.82, 2.24) is 0 Å². The summed E-state index contributed by atoms with van der Waals surface area (Å²) in [5.74, 6) is 3.24. The molecule has 0 aliphatic carbocycles. The Balaban J connectivity index is 1.43. The number of aromatic hydroxyl groups is 2. The normalized spacial score (nSPS) is 17.8. The summed E-state index contributed by atoms with van der Waals surface area (Å²) in [4.78, 5) is 0. The van der Waals surface area contributed by atoms with Gasteiger partial charge >= 0.3 is 0 Å². The summed E-state index contributed by atoms with van der Waals surface area (Å²) in [5.41, 5.74) is 6.08. The molecule has 0 unspecified atom stereocenters. The molecule has 192 valence electrons. The van der Waals surface area contributed by atoms with E-state index in [9.17, 15) is 10.2 Å². The van der Waals surface area contributed by atoms with Gasteiger partial charge in [0.05, 0.1) is 14.2 Å². The van der Waals surface area contributed by atoms with Crippen LogP contribution in [0.4, 0.5) is 0 Å². The van der Waals surface area contributed by atoms with Crippen LogP contribution in [0.5, 0.6) is 34.5 Å². The second-order valence-electron chi connectivity index (χ2n) is 9.53. The highest BCUT2D eigenvalue weighted by Gasteiger charge is 2.33. The van der Waals surface area contributed by atoms with Crippen LogP contribution in [0.2, 0.25) is 0 Å². The van der Waals surface area contributed by atoms with Gasteiger partial charge in [-0.1, -0.05) is 30.3 Å². The molecule has 4 aromatic carbocycles. The molecule has 2 atom stereocenters. The predicted molar refractivity (Wildman–Crippen MR) is 145 cm³/mol. The highest BCUT2D eigenvalue weighted by atomic mass is 16.5. The molecule has 2 aliphatic heterocycles. The number of hydrogen-bond donors (Lipinski definition) is 2. The van der Waals surface area contributed by atoms with E-state index in [1.165, 1.54) is 0 Å². The lowest BCUT2D eigenvalue weighted by molar-refractivity contribution is 0.166. The highest BCUT2D eigenvalue weighted by molar-refractivity contribution is 5.86. The van der Waals surface area contributed by atoms with Crippen LogP contribution in [0.25, 0.3) is 11.6 Å². The van der Waals surface area contributed by atoms with Crippen molar-refractivity contribution < 1.29 is 29.2 Å². The van der Waals surface area contributed by atoms with E-state index >= 15 is 0 Å². The Kier molecular flexibility index (Phi) is 6.08. The number of phenols is 2. The molecule has 0 bridgehead atoms. The lowest BCUT2D eigenvalue weighted by Crippen LogP contribution is -2.20. The lowest BCUT2D eigenvalue weighted by Gasteiger charge is -2.34. The maximum atomic E-state index is 10.2. The Morgan fingerprint density at radius 1 is 0.763 bits per heavy atom. The maximum Gasteiger partial charge on any atom is 0.130 e. The van der Waals surface area contributed by atoms with Gasteiger partial charge in [-0.3, -0.25) is 0 Å². The molecule has 0 aromatic heterocycles. The molecule has 6 heteroatoms. The Morgan fingerprint density at radius 3 is 2.26 bits per heavy atom. The molecule has 38 heavy (non-hydrogen) atoms. The first kappa shape index (κ1) is 23.8. The minimum atomic E-state index is -0.266. The van der Waals surface area contributed by atoms with Crippen molar-refractivity contribution in [3.8, 4) is 34.5 Å². The van der Waals surface area contributed by atoms with Gasteiger partial charge in [-0.15, -0.1) is 0 Å². The van der Waals surface area contributed by atoms with Crippen LogP contribution in [0.3, 0.4) is 0 Å². The molecule has 4 aromatic rings. The molecule has 0 amide bonds. The zero-order valence-electron chi connectivity index (χ0n) is 21.2. The van der Waals surface area contributed by atoms with Crippen molar-refractivity contribution in [1.29, 1.82) is 0 Å². The summed E-state index contributed by atoms with van der Waals surface area (Å²) in [6.07, 6.45) is 2.56. The summed E-state index contributed by atoms with van der Waals surface area (Å²) < 4.78 is 23.7. The summed E-state index contributed by atoms with van der Waals surface area (Å²) in [6, 6.07) is 24.4. The van der Waals surface area contributed by atoms with E-state index in [-0.39, 0.29) is 23.5 Å². The fraction of sp³-hybridized carbons (Fsp3) is 0.188. The van der Waals surface area contributed by atoms with Crippen LogP contribution in [-0.4, -0.2) is 31.0 Å². The Bertz CT molecular complexity index is 1500. The molecule has 0 fully saturated rings. The number of benzene rings is 4. The third-order valence-electron chi connectivity index (χ3n) is 7.27. The van der Waals surface area contributed by atoms with Crippen LogP contribution in [0.1, 0.15) is 46.3 Å². The maximum absolute atomic E-state index is 10.2. The second-order valence-corrected chi connectivity index (χ2v) is 9.53. The summed E-state index contributed by atoms with van der Waals surface area (Å²) in [7, 11) is 3.33. The van der Waals surface area contributed by atoms with Crippen molar-refractivity contribution in [2.24, 2.45) is 0 Å². The molecule has 0 spiro atoms. The van der Waals surface area contributed by atoms with Crippen molar-refractivity contribution in [3.63, 3.8) is 0 Å². The zero-order chi connectivity index (χ0) is 26.2. The molecule has 0 saturated carbocycles. The standard InChI is InChI=1S/C32H28O6/c1-35-25-10-5-19(6-11-25)22-13-21-14-28(31(36-2)17-29(21)37-18-22)27-16-30(20-3-7-23(33)8-4-20)38-32-15-24(34)9-12-26(27)32/h3-15,17,27,30,33-34H,16,18H2,1-2H3/t27-,30+/m1/s1. The largest absolute Gasteiger partial charge is 0.508 e. The molecule has 6 nitrogen and oxygen atoms in total. The van der Waals surface area contributed by atoms with E-state index in [1.807, 2.05) is 48.5 Å². The monoisotopic (exact) mass is 508 g/mol. The van der Waals surface area contributed by atoms with Crippen LogP contribution in [0.15, 0.2) is 78.9 Å². The van der Waals surface area contributed by atoms with E-state index in [0.29, 0.717) is 18.8 Å². The van der Waals surface area contributed by atoms with Crippen LogP contribution in [-0.2, 0) is 0 Å². The van der Waals surface area contributed by atoms with Crippen molar-refractivity contribution in [2.75, 3.05) is 20.8 Å². The fourth-order valence-electron chi connectivity index (χ4n) is 5.28. The first-order valence-corrected chi connectivity index (χ1v) is 12.5. The first-order valence-electron chi connectivity index (χ1n) is 12.5. The van der Waals surface area contributed by atoms with Crippen molar-refractivity contribution in [3.05, 3.63) is 107 Å². The highest BCUT2D eigenvalue weighted by Crippen LogP contribution is 2.50. The molecule has 6 rings (SSSR count). The molecule has 0 radical (unpaired) electrons. The average Bonchev–Trinajstić information content (AvgIpc) is 2.95. The number of fused-ring (bicyclic) bond motifs is 2. The SMILES string of the molecule is COc1ccc(C2=Cc3cc([C@@H]4C[C@@H](c5ccc(O)cc5)Oc5cc(O)ccc54)c(OC)cc3OC2)cc1. The summed E-state index contributed by atoms with van der Waals surface area (Å²) >= 11 is 0. The number of rotatable bonds is 5. The minimum Gasteiger partial charge on any atom is -0.508 e. The average molecular weight is 509 g/mol. The van der Waals surface area contributed by atoms with Gasteiger partial charge in [0, 0.05) is 34.7 Å². The van der Waals surface area contributed by atoms with Crippen LogP contribution < -0.4 is 18.9 Å². The Hall–Kier alpha value is -4.58. The van der Waals surface area contributed by atoms with Gasteiger partial charge in [-0.05, 0) is 65.6 Å². The second kappa shape index (κ2) is 9.71. The molecular formula is C32H28O6. The molecule has 2 heterocycles. The van der Waals surface area contributed by atoms with Gasteiger partial charge in [0.25, 0.3) is 0 Å². The summed E-state index contributed by atoms with van der Waals surface area (Å²) in [5, 5.41) is 20.0. The van der Waals surface area contributed by atoms with Gasteiger partial charge in [0.15, 0.2) is 0 Å². The van der Waals surface area contributed by atoms with Crippen molar-refractivity contribution in [2.45, 2.75) is 18.4 Å². The number of ether oxygens (including phenoxy) is 4. The van der Waals surface area contributed by atoms with Crippen molar-refractivity contribution >= 4 is 11.6 Å². The van der Waals surface area contributed by atoms with Gasteiger partial charge < -0.3 is 29.2 Å².